The van der Waals surface area contributed by atoms with E-state index in [-0.39, 0.29) is 18.7 Å². The number of carbonyl (C=O) groups is 1. The zero-order valence-electron chi connectivity index (χ0n) is 12.0. The molecule has 2 aliphatic heterocycles. The van der Waals surface area contributed by atoms with Crippen molar-refractivity contribution in [2.75, 3.05) is 6.61 Å². The highest BCUT2D eigenvalue weighted by atomic mass is 17.2. The summed E-state index contributed by atoms with van der Waals surface area (Å²) in [5.74, 6) is 0.177. The number of aliphatic hydroxyl groups is 1. The first kappa shape index (κ1) is 15.0. The van der Waals surface area contributed by atoms with Crippen LogP contribution < -0.4 is 0 Å². The Labute approximate surface area is 118 Å². The van der Waals surface area contributed by atoms with E-state index in [1.165, 1.54) is 0 Å². The first-order valence-corrected chi connectivity index (χ1v) is 6.69. The smallest absolute Gasteiger partial charge is 0.339 e. The van der Waals surface area contributed by atoms with Crippen LogP contribution in [0.5, 0.6) is 0 Å². The Morgan fingerprint density at radius 1 is 1.60 bits per heavy atom. The van der Waals surface area contributed by atoms with E-state index in [1.807, 2.05) is 13.8 Å². The van der Waals surface area contributed by atoms with Crippen molar-refractivity contribution in [2.45, 2.75) is 45.3 Å². The molecule has 1 fully saturated rings. The lowest BCUT2D eigenvalue weighted by Gasteiger charge is -2.34. The number of esters is 1. The monoisotopic (exact) mass is 280 g/mol. The Hall–Kier alpha value is -1.43. The van der Waals surface area contributed by atoms with Crippen LogP contribution in [0.4, 0.5) is 0 Å². The van der Waals surface area contributed by atoms with Gasteiger partial charge in [0, 0.05) is 5.57 Å². The number of hydrogen-bond acceptors (Lipinski definition) is 5. The summed E-state index contributed by atoms with van der Waals surface area (Å²) < 4.78 is 5.10. The van der Waals surface area contributed by atoms with Crippen LogP contribution in [0.3, 0.4) is 0 Å². The van der Waals surface area contributed by atoms with E-state index in [0.717, 1.165) is 18.4 Å². The summed E-state index contributed by atoms with van der Waals surface area (Å²) in [4.78, 5) is 22.2. The highest BCUT2D eigenvalue weighted by Crippen LogP contribution is 2.32. The van der Waals surface area contributed by atoms with Crippen molar-refractivity contribution in [3.63, 3.8) is 0 Å². The number of rotatable bonds is 3. The molecule has 20 heavy (non-hydrogen) atoms. The summed E-state index contributed by atoms with van der Waals surface area (Å²) >= 11 is 0. The number of ether oxygens (including phenoxy) is 1. The van der Waals surface area contributed by atoms with Gasteiger partial charge in [-0.1, -0.05) is 6.08 Å². The number of allylic oxidation sites excluding steroid dienone is 1. The van der Waals surface area contributed by atoms with Gasteiger partial charge in [-0.2, -0.15) is 0 Å². The Kier molecular flexibility index (Phi) is 4.42. The van der Waals surface area contributed by atoms with E-state index in [0.29, 0.717) is 11.3 Å². The SMILES string of the molecule is CC1=C/C(=C/[C@]2(C)CC[C@@H](/C(C)=C/CO)OO2)OC1=O. The van der Waals surface area contributed by atoms with E-state index in [4.69, 9.17) is 19.6 Å². The third-order valence-corrected chi connectivity index (χ3v) is 3.52. The number of aliphatic hydroxyl groups excluding tert-OH is 1. The summed E-state index contributed by atoms with van der Waals surface area (Å²) in [5.41, 5.74) is 0.911. The van der Waals surface area contributed by atoms with Gasteiger partial charge < -0.3 is 9.84 Å². The maximum absolute atomic E-state index is 11.3. The zero-order valence-corrected chi connectivity index (χ0v) is 12.0. The van der Waals surface area contributed by atoms with Crippen molar-refractivity contribution >= 4 is 5.97 Å². The molecule has 0 aliphatic carbocycles. The van der Waals surface area contributed by atoms with Crippen molar-refractivity contribution in [2.24, 2.45) is 0 Å². The van der Waals surface area contributed by atoms with Gasteiger partial charge in [0.05, 0.1) is 6.61 Å². The predicted octanol–water partition coefficient (Wildman–Crippen LogP) is 2.18. The Morgan fingerprint density at radius 2 is 2.35 bits per heavy atom. The van der Waals surface area contributed by atoms with Crippen LogP contribution in [0.2, 0.25) is 0 Å². The summed E-state index contributed by atoms with van der Waals surface area (Å²) in [6.07, 6.45) is 6.54. The molecule has 0 unspecified atom stereocenters. The van der Waals surface area contributed by atoms with E-state index in [9.17, 15) is 4.79 Å². The zero-order chi connectivity index (χ0) is 14.8. The molecule has 1 saturated heterocycles. The minimum absolute atomic E-state index is 0.00691. The van der Waals surface area contributed by atoms with Crippen molar-refractivity contribution in [1.29, 1.82) is 0 Å². The molecule has 2 rings (SSSR count). The second-order valence-corrected chi connectivity index (χ2v) is 5.41. The molecule has 0 aromatic heterocycles. The minimum atomic E-state index is -0.618. The molecule has 0 spiro atoms. The fraction of sp³-hybridized carbons (Fsp3) is 0.533. The third kappa shape index (κ3) is 3.36. The maximum Gasteiger partial charge on any atom is 0.339 e. The number of cyclic esters (lactones) is 1. The summed E-state index contributed by atoms with van der Waals surface area (Å²) in [6, 6.07) is 0. The predicted molar refractivity (Wildman–Crippen MR) is 72.4 cm³/mol. The molecule has 0 radical (unpaired) electrons. The van der Waals surface area contributed by atoms with E-state index in [1.54, 1.807) is 25.2 Å². The lowest BCUT2D eigenvalue weighted by atomic mass is 9.93. The second kappa shape index (κ2) is 5.91. The van der Waals surface area contributed by atoms with Crippen molar-refractivity contribution < 1.29 is 24.4 Å². The van der Waals surface area contributed by atoms with E-state index in [2.05, 4.69) is 0 Å². The topological polar surface area (TPSA) is 65.0 Å². The molecule has 2 aliphatic rings. The average molecular weight is 280 g/mol. The van der Waals surface area contributed by atoms with Gasteiger partial charge in [-0.05, 0) is 51.3 Å². The van der Waals surface area contributed by atoms with Crippen LogP contribution in [-0.2, 0) is 19.3 Å². The third-order valence-electron chi connectivity index (χ3n) is 3.52. The molecule has 0 bridgehead atoms. The molecular weight excluding hydrogens is 260 g/mol. The Bertz CT molecular complexity index is 478. The number of hydrogen-bond donors (Lipinski definition) is 1. The molecule has 0 saturated carbocycles. The van der Waals surface area contributed by atoms with Crippen LogP contribution >= 0.6 is 0 Å². The van der Waals surface area contributed by atoms with Crippen molar-refractivity contribution in [1.82, 2.24) is 0 Å². The highest BCUT2D eigenvalue weighted by Gasteiger charge is 2.34. The van der Waals surface area contributed by atoms with Gasteiger partial charge in [-0.3, -0.25) is 0 Å². The minimum Gasteiger partial charge on any atom is -0.423 e. The van der Waals surface area contributed by atoms with Gasteiger partial charge in [-0.25, -0.2) is 14.6 Å². The van der Waals surface area contributed by atoms with E-state index < -0.39 is 5.60 Å². The van der Waals surface area contributed by atoms with Gasteiger partial charge in [0.15, 0.2) is 0 Å². The molecule has 110 valence electrons. The van der Waals surface area contributed by atoms with Crippen LogP contribution in [0.1, 0.15) is 33.6 Å². The lowest BCUT2D eigenvalue weighted by Crippen LogP contribution is -2.36. The Morgan fingerprint density at radius 3 is 2.85 bits per heavy atom. The van der Waals surface area contributed by atoms with Crippen LogP contribution in [-0.4, -0.2) is 29.4 Å². The van der Waals surface area contributed by atoms with E-state index >= 15 is 0 Å². The first-order chi connectivity index (χ1) is 9.43. The molecule has 1 N–H and O–H groups in total. The van der Waals surface area contributed by atoms with Gasteiger partial charge >= 0.3 is 5.97 Å². The molecule has 5 nitrogen and oxygen atoms in total. The van der Waals surface area contributed by atoms with Gasteiger partial charge in [0.25, 0.3) is 0 Å². The normalized spacial score (nSPS) is 33.3. The van der Waals surface area contributed by atoms with Crippen molar-refractivity contribution in [3.8, 4) is 0 Å². The van der Waals surface area contributed by atoms with Crippen LogP contribution in [0.15, 0.2) is 35.1 Å². The second-order valence-electron chi connectivity index (χ2n) is 5.41. The fourth-order valence-electron chi connectivity index (χ4n) is 2.21. The van der Waals surface area contributed by atoms with Gasteiger partial charge in [0.1, 0.15) is 17.5 Å². The van der Waals surface area contributed by atoms with Crippen LogP contribution in [0, 0.1) is 0 Å². The summed E-state index contributed by atoms with van der Waals surface area (Å²) in [5, 5.41) is 8.87. The molecule has 0 aromatic carbocycles. The molecule has 0 aromatic rings. The lowest BCUT2D eigenvalue weighted by molar-refractivity contribution is -0.386. The molecular formula is C15H20O5. The summed E-state index contributed by atoms with van der Waals surface area (Å²) in [6.45, 7) is 5.49. The molecule has 2 atom stereocenters. The number of carbonyl (C=O) groups excluding carboxylic acids is 1. The standard InChI is InChI=1S/C15H20O5/c1-10(5-7-16)13-4-6-15(3,20-19-13)9-12-8-11(2)14(17)18-12/h5,8-9,13,16H,4,6-7H2,1-3H3/b10-5+,12-9-/t13-,15-/m0/s1. The van der Waals surface area contributed by atoms with Gasteiger partial charge in [-0.15, -0.1) is 0 Å². The first-order valence-electron chi connectivity index (χ1n) is 6.69. The highest BCUT2D eigenvalue weighted by molar-refractivity contribution is 5.92. The van der Waals surface area contributed by atoms with Crippen molar-refractivity contribution in [3.05, 3.63) is 35.1 Å². The van der Waals surface area contributed by atoms with Gasteiger partial charge in [0.2, 0.25) is 0 Å². The largest absolute Gasteiger partial charge is 0.423 e. The molecule has 2 heterocycles. The maximum atomic E-state index is 11.3. The quantitative estimate of drug-likeness (QED) is 0.487. The fourth-order valence-corrected chi connectivity index (χ4v) is 2.21. The molecule has 0 amide bonds. The average Bonchev–Trinajstić information content (AvgIpc) is 2.68. The molecule has 5 heteroatoms. The summed E-state index contributed by atoms with van der Waals surface area (Å²) in [7, 11) is 0. The van der Waals surface area contributed by atoms with Crippen LogP contribution in [0.25, 0.3) is 0 Å². The Balaban J connectivity index is 2.00.